The van der Waals surface area contributed by atoms with Gasteiger partial charge in [-0.25, -0.2) is 0 Å². The first kappa shape index (κ1) is 14.0. The van der Waals surface area contributed by atoms with Crippen molar-refractivity contribution in [3.05, 3.63) is 65.3 Å². The number of nitrogen functional groups attached to an aromatic ring is 1. The molecule has 0 radical (unpaired) electrons. The average molecular weight is 317 g/mol. The molecule has 2 aromatic carbocycles. The summed E-state index contributed by atoms with van der Waals surface area (Å²) in [6.07, 6.45) is 1.74. The lowest BCUT2D eigenvalue weighted by Crippen LogP contribution is -1.99. The molecule has 1 aromatic heterocycles. The van der Waals surface area contributed by atoms with Gasteiger partial charge in [0.2, 0.25) is 0 Å². The van der Waals surface area contributed by atoms with E-state index in [4.69, 9.17) is 17.3 Å². The van der Waals surface area contributed by atoms with Crippen molar-refractivity contribution in [1.29, 1.82) is 0 Å². The second-order valence-electron chi connectivity index (χ2n) is 4.67. The lowest BCUT2D eigenvalue weighted by atomic mass is 10.1. The molecule has 1 atom stereocenters. The van der Waals surface area contributed by atoms with Crippen LogP contribution in [-0.2, 0) is 16.6 Å². The summed E-state index contributed by atoms with van der Waals surface area (Å²) in [6, 6.07) is 14.8. The molecule has 3 rings (SSSR count). The first-order valence-electron chi connectivity index (χ1n) is 6.41. The van der Waals surface area contributed by atoms with Crippen LogP contribution in [-0.4, -0.2) is 9.19 Å². The third-order valence-corrected chi connectivity index (χ3v) is 5.07. The molecule has 0 amide bonds. The maximum atomic E-state index is 12.6. The second-order valence-corrected chi connectivity index (χ2v) is 6.49. The topological polar surface area (TPSA) is 56.0 Å². The van der Waals surface area contributed by atoms with E-state index in [9.17, 15) is 4.21 Å². The molecule has 3 nitrogen and oxygen atoms in total. The van der Waals surface area contributed by atoms with Gasteiger partial charge in [-0.3, -0.25) is 9.19 Å². The summed E-state index contributed by atoms with van der Waals surface area (Å²) in [5.41, 5.74) is 8.12. The number of aromatic nitrogens is 1. The zero-order valence-electron chi connectivity index (χ0n) is 11.1. The Labute approximate surface area is 130 Å². The molecule has 21 heavy (non-hydrogen) atoms. The Bertz CT molecular complexity index is 830. The Hall–Kier alpha value is -1.91. The van der Waals surface area contributed by atoms with E-state index >= 15 is 0 Å². The molecule has 3 aromatic rings. The highest BCUT2D eigenvalue weighted by atomic mass is 35.5. The minimum atomic E-state index is -1.23. The highest BCUT2D eigenvalue weighted by Crippen LogP contribution is 2.26. The number of pyridine rings is 1. The van der Waals surface area contributed by atoms with E-state index in [-0.39, 0.29) is 0 Å². The van der Waals surface area contributed by atoms with Crippen molar-refractivity contribution >= 4 is 39.0 Å². The van der Waals surface area contributed by atoms with Gasteiger partial charge in [-0.15, -0.1) is 0 Å². The minimum Gasteiger partial charge on any atom is -0.399 e. The molecule has 0 saturated carbocycles. The van der Waals surface area contributed by atoms with E-state index in [1.165, 1.54) is 0 Å². The van der Waals surface area contributed by atoms with Gasteiger partial charge in [0.05, 0.1) is 32.0 Å². The van der Waals surface area contributed by atoms with Gasteiger partial charge in [-0.1, -0.05) is 29.8 Å². The van der Waals surface area contributed by atoms with Crippen LogP contribution in [0.2, 0.25) is 5.02 Å². The van der Waals surface area contributed by atoms with E-state index in [2.05, 4.69) is 4.98 Å². The van der Waals surface area contributed by atoms with Gasteiger partial charge in [0.1, 0.15) is 0 Å². The van der Waals surface area contributed by atoms with Crippen molar-refractivity contribution in [3.63, 3.8) is 0 Å². The molecule has 0 saturated heterocycles. The lowest BCUT2D eigenvalue weighted by molar-refractivity contribution is 0.683. The highest BCUT2D eigenvalue weighted by Gasteiger charge is 2.11. The van der Waals surface area contributed by atoms with Crippen LogP contribution in [0.5, 0.6) is 0 Å². The van der Waals surface area contributed by atoms with Gasteiger partial charge in [-0.2, -0.15) is 0 Å². The predicted octanol–water partition coefficient (Wildman–Crippen LogP) is 3.78. The summed E-state index contributed by atoms with van der Waals surface area (Å²) in [5.74, 6) is 0.396. The third-order valence-electron chi connectivity index (χ3n) is 3.23. The number of fused-ring (bicyclic) bond motifs is 1. The van der Waals surface area contributed by atoms with Crippen molar-refractivity contribution in [2.24, 2.45) is 0 Å². The normalized spacial score (nSPS) is 12.4. The van der Waals surface area contributed by atoms with Gasteiger partial charge in [-0.05, 0) is 35.9 Å². The first-order valence-corrected chi connectivity index (χ1v) is 8.11. The molecule has 0 spiro atoms. The first-order chi connectivity index (χ1) is 10.1. The van der Waals surface area contributed by atoms with E-state index in [0.717, 1.165) is 16.5 Å². The van der Waals surface area contributed by atoms with Crippen LogP contribution < -0.4 is 5.73 Å². The quantitative estimate of drug-likeness (QED) is 0.748. The largest absolute Gasteiger partial charge is 0.399 e. The van der Waals surface area contributed by atoms with Gasteiger partial charge in [0.25, 0.3) is 0 Å². The maximum absolute atomic E-state index is 12.6. The summed E-state index contributed by atoms with van der Waals surface area (Å²) in [5, 5.41) is 1.45. The van der Waals surface area contributed by atoms with Gasteiger partial charge < -0.3 is 5.73 Å². The van der Waals surface area contributed by atoms with Crippen LogP contribution in [0.3, 0.4) is 0 Å². The third kappa shape index (κ3) is 2.91. The fourth-order valence-corrected chi connectivity index (χ4v) is 3.83. The van der Waals surface area contributed by atoms with Crippen molar-refractivity contribution in [2.45, 2.75) is 10.6 Å². The zero-order chi connectivity index (χ0) is 14.8. The molecule has 0 fully saturated rings. The Morgan fingerprint density at radius 2 is 1.95 bits per heavy atom. The summed E-state index contributed by atoms with van der Waals surface area (Å²) in [4.78, 5) is 4.91. The van der Waals surface area contributed by atoms with Crippen molar-refractivity contribution in [1.82, 2.24) is 4.98 Å². The average Bonchev–Trinajstić information content (AvgIpc) is 2.47. The number of rotatable bonds is 3. The Morgan fingerprint density at radius 1 is 1.14 bits per heavy atom. The summed E-state index contributed by atoms with van der Waals surface area (Å²) in [6.45, 7) is 0. The van der Waals surface area contributed by atoms with Crippen LogP contribution in [0.25, 0.3) is 10.9 Å². The van der Waals surface area contributed by atoms with Crippen LogP contribution in [0.15, 0.2) is 59.6 Å². The van der Waals surface area contributed by atoms with Gasteiger partial charge >= 0.3 is 0 Å². The van der Waals surface area contributed by atoms with Gasteiger partial charge in [0, 0.05) is 17.3 Å². The van der Waals surface area contributed by atoms with E-state index in [0.29, 0.717) is 21.4 Å². The monoisotopic (exact) mass is 316 g/mol. The number of halogens is 1. The molecule has 1 unspecified atom stereocenters. The Morgan fingerprint density at radius 3 is 2.76 bits per heavy atom. The second kappa shape index (κ2) is 5.84. The van der Waals surface area contributed by atoms with Crippen LogP contribution >= 0.6 is 11.6 Å². The maximum Gasteiger partial charge on any atom is 0.0705 e. The molecule has 2 N–H and O–H groups in total. The summed E-state index contributed by atoms with van der Waals surface area (Å²) >= 11 is 6.12. The predicted molar refractivity (Wildman–Crippen MR) is 87.7 cm³/mol. The smallest absolute Gasteiger partial charge is 0.0705 e. The molecule has 5 heteroatoms. The number of anilines is 1. The number of benzene rings is 2. The van der Waals surface area contributed by atoms with Crippen LogP contribution in [0.4, 0.5) is 5.69 Å². The summed E-state index contributed by atoms with van der Waals surface area (Å²) in [7, 11) is -1.23. The van der Waals surface area contributed by atoms with E-state index in [1.807, 2.05) is 30.3 Å². The van der Waals surface area contributed by atoms with Crippen LogP contribution in [0, 0.1) is 0 Å². The SMILES string of the molecule is Nc1ccc(S(=O)Cc2ccnc3ccccc23)c(Cl)c1. The zero-order valence-corrected chi connectivity index (χ0v) is 12.7. The van der Waals surface area contributed by atoms with Gasteiger partial charge in [0.15, 0.2) is 0 Å². The van der Waals surface area contributed by atoms with Crippen LogP contribution in [0.1, 0.15) is 5.56 Å². The molecule has 106 valence electrons. The molecule has 1 heterocycles. The number of nitrogens with zero attached hydrogens (tertiary/aromatic N) is 1. The number of para-hydroxylation sites is 1. The molecule has 0 bridgehead atoms. The van der Waals surface area contributed by atoms with Crippen molar-refractivity contribution in [3.8, 4) is 0 Å². The molecule has 0 aliphatic carbocycles. The standard InChI is InChI=1S/C16H13ClN2OS/c17-14-9-12(18)5-6-16(14)21(20)10-11-7-8-19-15-4-2-1-3-13(11)15/h1-9H,10,18H2. The highest BCUT2D eigenvalue weighted by molar-refractivity contribution is 7.84. The summed E-state index contributed by atoms with van der Waals surface area (Å²) < 4.78 is 12.6. The number of hydrogen-bond acceptors (Lipinski definition) is 3. The van der Waals surface area contributed by atoms with Crippen molar-refractivity contribution < 1.29 is 4.21 Å². The minimum absolute atomic E-state index is 0.396. The fraction of sp³-hybridized carbons (Fsp3) is 0.0625. The Kier molecular flexibility index (Phi) is 3.90. The molecule has 0 aliphatic heterocycles. The van der Waals surface area contributed by atoms with Crippen molar-refractivity contribution in [2.75, 3.05) is 5.73 Å². The van der Waals surface area contributed by atoms with E-state index < -0.39 is 10.8 Å². The van der Waals surface area contributed by atoms with E-state index in [1.54, 1.807) is 24.4 Å². The molecular weight excluding hydrogens is 304 g/mol. The molecular formula is C16H13ClN2OS. The Balaban J connectivity index is 1.97. The number of nitrogens with two attached hydrogens (primary N) is 1. The fourth-order valence-electron chi connectivity index (χ4n) is 2.20. The lowest BCUT2D eigenvalue weighted by Gasteiger charge is -2.08. The molecule has 0 aliphatic rings. The number of hydrogen-bond donors (Lipinski definition) is 1.